The molecule has 0 saturated carbocycles. The fraction of sp³-hybridized carbons (Fsp3) is 0.500. The van der Waals surface area contributed by atoms with Crippen LogP contribution in [0.5, 0.6) is 5.75 Å². The number of carbonyl (C=O) groups excluding carboxylic acids is 2. The first-order chi connectivity index (χ1) is 11.9. The number of anilines is 1. The third-order valence-electron chi connectivity index (χ3n) is 4.91. The standard InChI is InChI=1S/C18H22N2O5/c1-18(17(23)24)7-9-19(12-18)16(22)11-25-14-5-2-4-13(10-14)20-8-3-6-15(20)21/h2,4-5,10H,3,6-9,11-12H2,1H3,(H,23,24)/t18-/m0/s1. The van der Waals surface area contributed by atoms with E-state index in [-0.39, 0.29) is 25.0 Å². The number of carboxylic acids is 1. The van der Waals surface area contributed by atoms with Gasteiger partial charge in [0.1, 0.15) is 5.75 Å². The number of carbonyl (C=O) groups is 3. The van der Waals surface area contributed by atoms with Gasteiger partial charge in [0.2, 0.25) is 5.91 Å². The van der Waals surface area contributed by atoms with Gasteiger partial charge in [-0.1, -0.05) is 6.07 Å². The van der Waals surface area contributed by atoms with Gasteiger partial charge in [-0.15, -0.1) is 0 Å². The van der Waals surface area contributed by atoms with E-state index >= 15 is 0 Å². The van der Waals surface area contributed by atoms with Crippen LogP contribution in [0.4, 0.5) is 5.69 Å². The topological polar surface area (TPSA) is 87.2 Å². The van der Waals surface area contributed by atoms with Gasteiger partial charge in [-0.05, 0) is 31.9 Å². The molecular formula is C18H22N2O5. The first-order valence-corrected chi connectivity index (χ1v) is 8.43. The van der Waals surface area contributed by atoms with E-state index < -0.39 is 11.4 Å². The Bertz CT molecular complexity index is 704. The van der Waals surface area contributed by atoms with Gasteiger partial charge in [0, 0.05) is 37.8 Å². The third-order valence-corrected chi connectivity index (χ3v) is 4.91. The molecule has 1 N–H and O–H groups in total. The highest BCUT2D eigenvalue weighted by Crippen LogP contribution is 2.30. The SMILES string of the molecule is C[C@]1(C(=O)O)CCN(C(=O)COc2cccc(N3CCCC3=O)c2)C1. The van der Waals surface area contributed by atoms with Crippen LogP contribution >= 0.6 is 0 Å². The predicted molar refractivity (Wildman–Crippen MR) is 90.5 cm³/mol. The van der Waals surface area contributed by atoms with Crippen molar-refractivity contribution < 1.29 is 24.2 Å². The fourth-order valence-corrected chi connectivity index (χ4v) is 3.25. The molecule has 1 aromatic rings. The van der Waals surface area contributed by atoms with Crippen LogP contribution in [0.25, 0.3) is 0 Å². The van der Waals surface area contributed by atoms with Gasteiger partial charge in [-0.25, -0.2) is 0 Å². The Morgan fingerprint density at radius 1 is 1.32 bits per heavy atom. The molecule has 0 aliphatic carbocycles. The Morgan fingerprint density at radius 2 is 2.12 bits per heavy atom. The van der Waals surface area contributed by atoms with Gasteiger partial charge < -0.3 is 19.6 Å². The molecule has 2 saturated heterocycles. The molecule has 0 unspecified atom stereocenters. The highest BCUT2D eigenvalue weighted by Gasteiger charge is 2.42. The molecule has 2 aliphatic rings. The second-order valence-corrected chi connectivity index (χ2v) is 6.87. The lowest BCUT2D eigenvalue weighted by Gasteiger charge is -2.20. The number of carboxylic acid groups (broad SMARTS) is 1. The minimum Gasteiger partial charge on any atom is -0.484 e. The first kappa shape index (κ1) is 17.3. The van der Waals surface area contributed by atoms with Crippen molar-refractivity contribution in [1.82, 2.24) is 4.90 Å². The zero-order chi connectivity index (χ0) is 18.0. The zero-order valence-electron chi connectivity index (χ0n) is 14.2. The molecule has 0 radical (unpaired) electrons. The molecule has 0 spiro atoms. The van der Waals surface area contributed by atoms with Crippen molar-refractivity contribution >= 4 is 23.5 Å². The second-order valence-electron chi connectivity index (χ2n) is 6.87. The van der Waals surface area contributed by atoms with Crippen molar-refractivity contribution in [2.75, 3.05) is 31.1 Å². The smallest absolute Gasteiger partial charge is 0.311 e. The van der Waals surface area contributed by atoms with E-state index in [9.17, 15) is 19.5 Å². The van der Waals surface area contributed by atoms with Crippen LogP contribution in [-0.2, 0) is 14.4 Å². The minimum atomic E-state index is -0.883. The van der Waals surface area contributed by atoms with E-state index in [0.29, 0.717) is 31.7 Å². The Hall–Kier alpha value is -2.57. The van der Waals surface area contributed by atoms with E-state index in [1.54, 1.807) is 30.0 Å². The number of benzene rings is 1. The van der Waals surface area contributed by atoms with E-state index in [1.165, 1.54) is 4.90 Å². The van der Waals surface area contributed by atoms with Gasteiger partial charge >= 0.3 is 5.97 Å². The van der Waals surface area contributed by atoms with Crippen molar-refractivity contribution in [1.29, 1.82) is 0 Å². The van der Waals surface area contributed by atoms with Crippen LogP contribution in [0.15, 0.2) is 24.3 Å². The highest BCUT2D eigenvalue weighted by atomic mass is 16.5. The van der Waals surface area contributed by atoms with Gasteiger partial charge in [0.25, 0.3) is 5.91 Å². The van der Waals surface area contributed by atoms with Crippen LogP contribution in [0, 0.1) is 5.41 Å². The number of amides is 2. The molecule has 2 fully saturated rings. The molecule has 2 amide bonds. The average Bonchev–Trinajstić information content (AvgIpc) is 3.20. The lowest BCUT2D eigenvalue weighted by molar-refractivity contribution is -0.147. The molecule has 2 aliphatic heterocycles. The molecule has 3 rings (SSSR count). The molecule has 2 heterocycles. The van der Waals surface area contributed by atoms with Gasteiger partial charge in [0.15, 0.2) is 6.61 Å². The van der Waals surface area contributed by atoms with E-state index in [4.69, 9.17) is 4.74 Å². The number of ether oxygens (including phenoxy) is 1. The van der Waals surface area contributed by atoms with E-state index in [0.717, 1.165) is 12.1 Å². The zero-order valence-corrected chi connectivity index (χ0v) is 14.2. The number of rotatable bonds is 5. The Morgan fingerprint density at radius 3 is 2.76 bits per heavy atom. The van der Waals surface area contributed by atoms with Crippen LogP contribution in [0.3, 0.4) is 0 Å². The summed E-state index contributed by atoms with van der Waals surface area (Å²) in [5.41, 5.74) is -0.113. The maximum atomic E-state index is 12.3. The monoisotopic (exact) mass is 346 g/mol. The lowest BCUT2D eigenvalue weighted by Crippen LogP contribution is -2.37. The largest absolute Gasteiger partial charge is 0.484 e. The molecule has 7 heteroatoms. The number of nitrogens with zero attached hydrogens (tertiary/aromatic N) is 2. The van der Waals surface area contributed by atoms with Crippen molar-refractivity contribution in [2.24, 2.45) is 5.41 Å². The summed E-state index contributed by atoms with van der Waals surface area (Å²) < 4.78 is 5.57. The van der Waals surface area contributed by atoms with E-state index in [1.807, 2.05) is 6.07 Å². The maximum absolute atomic E-state index is 12.3. The van der Waals surface area contributed by atoms with Gasteiger partial charge in [-0.2, -0.15) is 0 Å². The van der Waals surface area contributed by atoms with E-state index in [2.05, 4.69) is 0 Å². The molecule has 134 valence electrons. The number of aliphatic carboxylic acids is 1. The van der Waals surface area contributed by atoms with Crippen molar-refractivity contribution in [3.8, 4) is 5.75 Å². The Balaban J connectivity index is 1.58. The summed E-state index contributed by atoms with van der Waals surface area (Å²) in [5.74, 6) is -0.497. The van der Waals surface area contributed by atoms with Crippen molar-refractivity contribution in [2.45, 2.75) is 26.2 Å². The average molecular weight is 346 g/mol. The lowest BCUT2D eigenvalue weighted by atomic mass is 9.90. The number of hydrogen-bond donors (Lipinski definition) is 1. The molecule has 1 aromatic carbocycles. The third kappa shape index (κ3) is 3.60. The van der Waals surface area contributed by atoms with Gasteiger partial charge in [-0.3, -0.25) is 14.4 Å². The highest BCUT2D eigenvalue weighted by molar-refractivity contribution is 5.95. The van der Waals surface area contributed by atoms with Crippen LogP contribution < -0.4 is 9.64 Å². The predicted octanol–water partition coefficient (Wildman–Crippen LogP) is 1.52. The summed E-state index contributed by atoms with van der Waals surface area (Å²) in [7, 11) is 0. The summed E-state index contributed by atoms with van der Waals surface area (Å²) in [6, 6.07) is 7.12. The van der Waals surface area contributed by atoms with Gasteiger partial charge in [0.05, 0.1) is 5.41 Å². The van der Waals surface area contributed by atoms with Crippen molar-refractivity contribution in [3.05, 3.63) is 24.3 Å². The molecule has 0 aromatic heterocycles. The molecular weight excluding hydrogens is 324 g/mol. The van der Waals surface area contributed by atoms with Crippen LogP contribution in [-0.4, -0.2) is 54.0 Å². The Kier molecular flexibility index (Phi) is 4.65. The summed E-state index contributed by atoms with van der Waals surface area (Å²) >= 11 is 0. The normalized spacial score (nSPS) is 23.2. The molecule has 25 heavy (non-hydrogen) atoms. The molecule has 1 atom stereocenters. The molecule has 7 nitrogen and oxygen atoms in total. The summed E-state index contributed by atoms with van der Waals surface area (Å²) in [4.78, 5) is 38.6. The van der Waals surface area contributed by atoms with Crippen molar-refractivity contribution in [3.63, 3.8) is 0 Å². The van der Waals surface area contributed by atoms with Crippen LogP contribution in [0.1, 0.15) is 26.2 Å². The quantitative estimate of drug-likeness (QED) is 0.873. The second kappa shape index (κ2) is 6.74. The maximum Gasteiger partial charge on any atom is 0.311 e. The van der Waals surface area contributed by atoms with Crippen LogP contribution in [0.2, 0.25) is 0 Å². The molecule has 0 bridgehead atoms. The summed E-state index contributed by atoms with van der Waals surface area (Å²) in [6.45, 7) is 2.83. The first-order valence-electron chi connectivity index (χ1n) is 8.43. The minimum absolute atomic E-state index is 0.0956. The summed E-state index contributed by atoms with van der Waals surface area (Å²) in [5, 5.41) is 9.23. The fourth-order valence-electron chi connectivity index (χ4n) is 3.25. The number of likely N-dealkylation sites (tertiary alicyclic amines) is 1. The Labute approximate surface area is 146 Å². The number of hydrogen-bond acceptors (Lipinski definition) is 4. The summed E-state index contributed by atoms with van der Waals surface area (Å²) in [6.07, 6.45) is 1.85.